The molecular weight excluding hydrogens is 270 g/mol. The van der Waals surface area contributed by atoms with E-state index in [0.29, 0.717) is 17.2 Å². The van der Waals surface area contributed by atoms with Crippen molar-refractivity contribution in [3.63, 3.8) is 0 Å². The predicted molar refractivity (Wildman–Crippen MR) is 76.5 cm³/mol. The lowest BCUT2D eigenvalue weighted by molar-refractivity contribution is 0.270. The average Bonchev–Trinajstić information content (AvgIpc) is 2.37. The minimum atomic E-state index is -1.06. The molecule has 1 aromatic rings. The highest BCUT2D eigenvalue weighted by Gasteiger charge is 2.13. The van der Waals surface area contributed by atoms with Gasteiger partial charge in [-0.3, -0.25) is 4.21 Å². The first kappa shape index (κ1) is 15.6. The van der Waals surface area contributed by atoms with E-state index in [-0.39, 0.29) is 12.6 Å². The minimum Gasteiger partial charge on any atom is -0.396 e. The van der Waals surface area contributed by atoms with E-state index in [1.807, 2.05) is 0 Å². The zero-order valence-corrected chi connectivity index (χ0v) is 12.1. The van der Waals surface area contributed by atoms with Crippen LogP contribution in [0.4, 0.5) is 0 Å². The van der Waals surface area contributed by atoms with Crippen LogP contribution in [0.2, 0.25) is 5.02 Å². The van der Waals surface area contributed by atoms with E-state index in [4.69, 9.17) is 16.7 Å². The SMILES string of the molecule is CCCNC(CCO)CS(=O)c1ccc(Cl)cc1. The van der Waals surface area contributed by atoms with Gasteiger partial charge in [0.1, 0.15) is 0 Å². The van der Waals surface area contributed by atoms with Crippen molar-refractivity contribution < 1.29 is 9.32 Å². The molecule has 0 aliphatic heterocycles. The van der Waals surface area contributed by atoms with E-state index in [0.717, 1.165) is 17.9 Å². The average molecular weight is 290 g/mol. The standard InChI is InChI=1S/C13H20ClNO2S/c1-2-8-15-12(7-9-16)10-18(17)13-5-3-11(14)4-6-13/h3-6,12,15-16H,2,7-10H2,1H3. The summed E-state index contributed by atoms with van der Waals surface area (Å²) < 4.78 is 12.2. The van der Waals surface area contributed by atoms with Crippen LogP contribution < -0.4 is 5.32 Å². The number of aliphatic hydroxyl groups is 1. The molecule has 0 aliphatic rings. The summed E-state index contributed by atoms with van der Waals surface area (Å²) in [6.45, 7) is 3.07. The minimum absolute atomic E-state index is 0.0893. The van der Waals surface area contributed by atoms with Crippen molar-refractivity contribution in [3.05, 3.63) is 29.3 Å². The Morgan fingerprint density at radius 1 is 1.39 bits per heavy atom. The predicted octanol–water partition coefficient (Wildman–Crippen LogP) is 2.20. The van der Waals surface area contributed by atoms with Gasteiger partial charge in [-0.2, -0.15) is 0 Å². The van der Waals surface area contributed by atoms with Crippen molar-refractivity contribution in [2.24, 2.45) is 0 Å². The quantitative estimate of drug-likeness (QED) is 0.771. The van der Waals surface area contributed by atoms with Crippen LogP contribution in [0, 0.1) is 0 Å². The Morgan fingerprint density at radius 3 is 2.61 bits per heavy atom. The van der Waals surface area contributed by atoms with Gasteiger partial charge in [0.2, 0.25) is 0 Å². The van der Waals surface area contributed by atoms with E-state index in [1.165, 1.54) is 0 Å². The molecule has 0 saturated carbocycles. The number of benzene rings is 1. The van der Waals surface area contributed by atoms with Crippen LogP contribution in [-0.4, -0.2) is 34.3 Å². The van der Waals surface area contributed by atoms with E-state index in [1.54, 1.807) is 24.3 Å². The maximum Gasteiger partial charge on any atom is 0.0545 e. The molecule has 0 bridgehead atoms. The Balaban J connectivity index is 2.56. The van der Waals surface area contributed by atoms with E-state index in [2.05, 4.69) is 12.2 Å². The Morgan fingerprint density at radius 2 is 2.06 bits per heavy atom. The molecule has 0 fully saturated rings. The first-order valence-electron chi connectivity index (χ1n) is 6.15. The fraction of sp³-hybridized carbons (Fsp3) is 0.538. The van der Waals surface area contributed by atoms with Crippen molar-refractivity contribution in [1.82, 2.24) is 5.32 Å². The summed E-state index contributed by atoms with van der Waals surface area (Å²) in [5, 5.41) is 12.9. The highest BCUT2D eigenvalue weighted by molar-refractivity contribution is 7.85. The maximum absolute atomic E-state index is 12.2. The summed E-state index contributed by atoms with van der Waals surface area (Å²) >= 11 is 5.80. The molecule has 2 atom stereocenters. The lowest BCUT2D eigenvalue weighted by Crippen LogP contribution is -2.35. The molecule has 0 spiro atoms. The number of nitrogens with one attached hydrogen (secondary N) is 1. The normalized spacial score (nSPS) is 14.4. The molecule has 0 aliphatic carbocycles. The lowest BCUT2D eigenvalue weighted by atomic mass is 10.2. The summed E-state index contributed by atoms with van der Waals surface area (Å²) in [6, 6.07) is 7.15. The van der Waals surface area contributed by atoms with Gasteiger partial charge < -0.3 is 10.4 Å². The first-order valence-corrected chi connectivity index (χ1v) is 7.85. The van der Waals surface area contributed by atoms with Gasteiger partial charge in [-0.15, -0.1) is 0 Å². The molecule has 1 rings (SSSR count). The monoisotopic (exact) mass is 289 g/mol. The van der Waals surface area contributed by atoms with Gasteiger partial charge in [0.25, 0.3) is 0 Å². The Bertz CT molecular complexity index is 370. The van der Waals surface area contributed by atoms with E-state index < -0.39 is 10.8 Å². The Hall–Kier alpha value is -0.420. The summed E-state index contributed by atoms with van der Waals surface area (Å²) in [7, 11) is -1.06. The van der Waals surface area contributed by atoms with Gasteiger partial charge in [-0.1, -0.05) is 18.5 Å². The topological polar surface area (TPSA) is 49.3 Å². The molecule has 1 aromatic carbocycles. The highest BCUT2D eigenvalue weighted by atomic mass is 35.5. The van der Waals surface area contributed by atoms with Crippen LogP contribution in [0.5, 0.6) is 0 Å². The van der Waals surface area contributed by atoms with Crippen molar-refractivity contribution in [2.45, 2.75) is 30.7 Å². The maximum atomic E-state index is 12.2. The fourth-order valence-corrected chi connectivity index (χ4v) is 3.02. The third-order valence-electron chi connectivity index (χ3n) is 2.59. The molecule has 2 unspecified atom stereocenters. The molecule has 0 saturated heterocycles. The zero-order valence-electron chi connectivity index (χ0n) is 10.6. The number of aliphatic hydroxyl groups excluding tert-OH is 1. The van der Waals surface area contributed by atoms with Crippen LogP contribution in [0.15, 0.2) is 29.2 Å². The molecule has 0 radical (unpaired) electrons. The molecule has 2 N–H and O–H groups in total. The van der Waals surface area contributed by atoms with E-state index in [9.17, 15) is 4.21 Å². The van der Waals surface area contributed by atoms with Crippen molar-refractivity contribution >= 4 is 22.4 Å². The van der Waals surface area contributed by atoms with Gasteiger partial charge in [-0.25, -0.2) is 0 Å². The highest BCUT2D eigenvalue weighted by Crippen LogP contribution is 2.13. The largest absolute Gasteiger partial charge is 0.396 e. The van der Waals surface area contributed by atoms with Crippen LogP contribution in [-0.2, 0) is 10.8 Å². The second-order valence-corrected chi connectivity index (χ2v) is 6.06. The molecule has 0 heterocycles. The van der Waals surface area contributed by atoms with Crippen molar-refractivity contribution in [3.8, 4) is 0 Å². The van der Waals surface area contributed by atoms with Gasteiger partial charge in [0.15, 0.2) is 0 Å². The third-order valence-corrected chi connectivity index (χ3v) is 4.34. The molecular formula is C13H20ClNO2S. The molecule has 0 amide bonds. The number of hydrogen-bond acceptors (Lipinski definition) is 3. The molecule has 18 heavy (non-hydrogen) atoms. The third kappa shape index (κ3) is 5.48. The summed E-state index contributed by atoms with van der Waals surface area (Å²) in [5.74, 6) is 0.516. The van der Waals surface area contributed by atoms with Gasteiger partial charge in [0, 0.05) is 28.3 Å². The van der Waals surface area contributed by atoms with Gasteiger partial charge in [0.05, 0.1) is 10.8 Å². The Labute approximate surface area is 116 Å². The number of rotatable bonds is 8. The second-order valence-electron chi connectivity index (χ2n) is 4.13. The lowest BCUT2D eigenvalue weighted by Gasteiger charge is -2.17. The van der Waals surface area contributed by atoms with Crippen molar-refractivity contribution in [2.75, 3.05) is 18.9 Å². The fourth-order valence-electron chi connectivity index (χ4n) is 1.61. The van der Waals surface area contributed by atoms with Crippen LogP contribution in [0.1, 0.15) is 19.8 Å². The summed E-state index contributed by atoms with van der Waals surface area (Å²) in [6.07, 6.45) is 1.65. The second kappa shape index (κ2) is 8.64. The molecule has 5 heteroatoms. The Kier molecular flexibility index (Phi) is 7.51. The molecule has 102 valence electrons. The van der Waals surface area contributed by atoms with Crippen LogP contribution in [0.25, 0.3) is 0 Å². The summed E-state index contributed by atoms with van der Waals surface area (Å²) in [5.41, 5.74) is 0. The number of halogens is 1. The van der Waals surface area contributed by atoms with Crippen molar-refractivity contribution in [1.29, 1.82) is 0 Å². The van der Waals surface area contributed by atoms with Gasteiger partial charge >= 0.3 is 0 Å². The van der Waals surface area contributed by atoms with E-state index >= 15 is 0 Å². The molecule has 0 aromatic heterocycles. The van der Waals surface area contributed by atoms with Gasteiger partial charge in [-0.05, 0) is 43.7 Å². The first-order chi connectivity index (χ1) is 8.67. The smallest absolute Gasteiger partial charge is 0.0545 e. The van der Waals surface area contributed by atoms with Crippen LogP contribution >= 0.6 is 11.6 Å². The summed E-state index contributed by atoms with van der Waals surface area (Å²) in [4.78, 5) is 0.778. The number of hydrogen-bond donors (Lipinski definition) is 2. The molecule has 3 nitrogen and oxygen atoms in total. The van der Waals surface area contributed by atoms with Crippen LogP contribution in [0.3, 0.4) is 0 Å². The zero-order chi connectivity index (χ0) is 13.4.